The number of hydrogen-bond acceptors (Lipinski definition) is 5. The molecule has 1 amide bonds. The molecule has 0 fully saturated rings. The topological polar surface area (TPSA) is 58.6 Å². The van der Waals surface area contributed by atoms with E-state index < -0.39 is 0 Å². The minimum Gasteiger partial charge on any atom is -0.497 e. The van der Waals surface area contributed by atoms with Gasteiger partial charge in [0.2, 0.25) is 0 Å². The molecule has 0 bridgehead atoms. The lowest BCUT2D eigenvalue weighted by Crippen LogP contribution is -2.47. The Balaban J connectivity index is 1.93. The van der Waals surface area contributed by atoms with E-state index in [1.165, 1.54) is 6.33 Å². The van der Waals surface area contributed by atoms with Crippen molar-refractivity contribution in [2.75, 3.05) is 25.2 Å². The van der Waals surface area contributed by atoms with Gasteiger partial charge in [-0.2, -0.15) is 0 Å². The molecule has 1 aromatic heterocycles. The lowest BCUT2D eigenvalue weighted by molar-refractivity contribution is 0.0738. The third-order valence-electron chi connectivity index (χ3n) is 3.95. The Kier molecular flexibility index (Phi) is 4.85. The van der Waals surface area contributed by atoms with E-state index in [1.807, 2.05) is 36.1 Å². The smallest absolute Gasteiger partial charge is 0.262 e. The van der Waals surface area contributed by atoms with Crippen molar-refractivity contribution in [1.29, 1.82) is 0 Å². The Morgan fingerprint density at radius 3 is 2.62 bits per heavy atom. The third-order valence-corrected chi connectivity index (χ3v) is 4.24. The fraction of sp³-hybridized carbons (Fsp3) is 0.353. The van der Waals surface area contributed by atoms with Crippen LogP contribution in [-0.2, 0) is 6.54 Å². The Morgan fingerprint density at radius 1 is 1.21 bits per heavy atom. The molecule has 0 saturated heterocycles. The summed E-state index contributed by atoms with van der Waals surface area (Å²) >= 11 is 6.17. The van der Waals surface area contributed by atoms with Gasteiger partial charge in [-0.05, 0) is 24.1 Å². The third kappa shape index (κ3) is 3.14. The van der Waals surface area contributed by atoms with E-state index in [2.05, 4.69) is 9.97 Å². The normalized spacial score (nSPS) is 13.9. The zero-order valence-corrected chi connectivity index (χ0v) is 14.5. The molecule has 0 spiro atoms. The van der Waals surface area contributed by atoms with Crippen LogP contribution in [0.25, 0.3) is 0 Å². The number of ether oxygens (including phenoxy) is 1. The lowest BCUT2D eigenvalue weighted by Gasteiger charge is -2.37. The van der Waals surface area contributed by atoms with Crippen LogP contribution in [0.15, 0.2) is 30.6 Å². The van der Waals surface area contributed by atoms with Crippen molar-refractivity contribution < 1.29 is 9.53 Å². The van der Waals surface area contributed by atoms with Gasteiger partial charge in [0.1, 0.15) is 28.6 Å². The van der Waals surface area contributed by atoms with E-state index in [-0.39, 0.29) is 11.1 Å². The van der Waals surface area contributed by atoms with Gasteiger partial charge in [-0.25, -0.2) is 9.97 Å². The number of methoxy groups -OCH3 is 1. The van der Waals surface area contributed by atoms with Crippen LogP contribution in [0.5, 0.6) is 5.75 Å². The largest absolute Gasteiger partial charge is 0.497 e. The maximum atomic E-state index is 12.6. The highest BCUT2D eigenvalue weighted by Gasteiger charge is 2.32. The molecule has 0 unspecified atom stereocenters. The average Bonchev–Trinajstić information content (AvgIpc) is 2.59. The van der Waals surface area contributed by atoms with E-state index >= 15 is 0 Å². The Bertz CT molecular complexity index is 736. The fourth-order valence-corrected chi connectivity index (χ4v) is 3.00. The maximum absolute atomic E-state index is 12.6. The van der Waals surface area contributed by atoms with Gasteiger partial charge >= 0.3 is 0 Å². The number of halogens is 1. The predicted octanol–water partition coefficient (Wildman–Crippen LogP) is 2.97. The number of aromatic nitrogens is 2. The second-order valence-corrected chi connectivity index (χ2v) is 5.98. The van der Waals surface area contributed by atoms with Gasteiger partial charge in [0, 0.05) is 13.1 Å². The van der Waals surface area contributed by atoms with Crippen molar-refractivity contribution in [3.8, 4) is 5.75 Å². The van der Waals surface area contributed by atoms with E-state index in [0.717, 1.165) is 17.7 Å². The standard InChI is InChI=1S/C17H19ClN4O2/c1-3-8-21-11-22(9-12-4-6-13(24-2)7-5-12)16-14(17(21)23)15(18)19-10-20-16/h4-7,10H,3,8-9,11H2,1-2H3. The van der Waals surface area contributed by atoms with Crippen LogP contribution in [0, 0.1) is 0 Å². The molecule has 2 heterocycles. The molecule has 7 heteroatoms. The zero-order chi connectivity index (χ0) is 17.1. The second kappa shape index (κ2) is 7.05. The van der Waals surface area contributed by atoms with Gasteiger partial charge in [0.25, 0.3) is 5.91 Å². The summed E-state index contributed by atoms with van der Waals surface area (Å²) in [4.78, 5) is 24.7. The quantitative estimate of drug-likeness (QED) is 0.779. The van der Waals surface area contributed by atoms with Crippen LogP contribution in [0.1, 0.15) is 29.3 Å². The second-order valence-electron chi connectivity index (χ2n) is 5.62. The van der Waals surface area contributed by atoms with E-state index in [0.29, 0.717) is 31.1 Å². The molecule has 0 radical (unpaired) electrons. The van der Waals surface area contributed by atoms with Gasteiger partial charge in [-0.3, -0.25) is 4.79 Å². The first-order valence-electron chi connectivity index (χ1n) is 7.81. The monoisotopic (exact) mass is 346 g/mol. The summed E-state index contributed by atoms with van der Waals surface area (Å²) in [5.74, 6) is 1.29. The van der Waals surface area contributed by atoms with Gasteiger partial charge in [-0.1, -0.05) is 30.7 Å². The van der Waals surface area contributed by atoms with Crippen LogP contribution in [0.4, 0.5) is 5.82 Å². The molecule has 0 N–H and O–H groups in total. The van der Waals surface area contributed by atoms with Gasteiger partial charge in [-0.15, -0.1) is 0 Å². The number of amides is 1. The number of carbonyl (C=O) groups is 1. The minimum atomic E-state index is -0.108. The van der Waals surface area contributed by atoms with Crippen molar-refractivity contribution >= 4 is 23.3 Å². The molecule has 0 aliphatic carbocycles. The van der Waals surface area contributed by atoms with Gasteiger partial charge < -0.3 is 14.5 Å². The average molecular weight is 347 g/mol. The fourth-order valence-electron chi connectivity index (χ4n) is 2.79. The molecule has 126 valence electrons. The van der Waals surface area contributed by atoms with Crippen LogP contribution in [-0.4, -0.2) is 41.1 Å². The lowest BCUT2D eigenvalue weighted by atomic mass is 10.1. The van der Waals surface area contributed by atoms with Gasteiger partial charge in [0.15, 0.2) is 0 Å². The highest BCUT2D eigenvalue weighted by Crippen LogP contribution is 2.30. The van der Waals surface area contributed by atoms with Crippen molar-refractivity contribution in [3.63, 3.8) is 0 Å². The zero-order valence-electron chi connectivity index (χ0n) is 13.7. The molecule has 24 heavy (non-hydrogen) atoms. The number of carbonyl (C=O) groups excluding carboxylic acids is 1. The molecule has 0 saturated carbocycles. The molecule has 1 aliphatic rings. The molecule has 2 aromatic rings. The number of benzene rings is 1. The highest BCUT2D eigenvalue weighted by atomic mass is 35.5. The van der Waals surface area contributed by atoms with E-state index in [9.17, 15) is 4.79 Å². The predicted molar refractivity (Wildman–Crippen MR) is 92.4 cm³/mol. The van der Waals surface area contributed by atoms with Gasteiger partial charge in [0.05, 0.1) is 13.8 Å². The Labute approximate surface area is 146 Å². The molecular weight excluding hydrogens is 328 g/mol. The Morgan fingerprint density at radius 2 is 1.96 bits per heavy atom. The van der Waals surface area contributed by atoms with Crippen molar-refractivity contribution in [3.05, 3.63) is 46.9 Å². The summed E-state index contributed by atoms with van der Waals surface area (Å²) in [5, 5.41) is 0.200. The molecule has 1 aliphatic heterocycles. The highest BCUT2D eigenvalue weighted by molar-refractivity contribution is 6.33. The summed E-state index contributed by atoms with van der Waals surface area (Å²) < 4.78 is 5.19. The van der Waals surface area contributed by atoms with Crippen LogP contribution in [0.2, 0.25) is 5.15 Å². The minimum absolute atomic E-state index is 0.108. The van der Waals surface area contributed by atoms with Crippen molar-refractivity contribution in [1.82, 2.24) is 14.9 Å². The van der Waals surface area contributed by atoms with E-state index in [1.54, 1.807) is 12.0 Å². The number of hydrogen-bond donors (Lipinski definition) is 0. The molecule has 0 atom stereocenters. The number of anilines is 1. The van der Waals surface area contributed by atoms with Crippen LogP contribution >= 0.6 is 11.6 Å². The molecule has 1 aromatic carbocycles. The SMILES string of the molecule is CCCN1CN(Cc2ccc(OC)cc2)c2ncnc(Cl)c2C1=O. The summed E-state index contributed by atoms with van der Waals surface area (Å²) in [6, 6.07) is 7.84. The van der Waals surface area contributed by atoms with Crippen molar-refractivity contribution in [2.24, 2.45) is 0 Å². The first-order chi connectivity index (χ1) is 11.6. The Hall–Kier alpha value is -2.34. The van der Waals surface area contributed by atoms with Crippen molar-refractivity contribution in [2.45, 2.75) is 19.9 Å². The maximum Gasteiger partial charge on any atom is 0.262 e. The summed E-state index contributed by atoms with van der Waals surface area (Å²) in [5.41, 5.74) is 1.48. The summed E-state index contributed by atoms with van der Waals surface area (Å²) in [6.45, 7) is 3.82. The van der Waals surface area contributed by atoms with Crippen LogP contribution in [0.3, 0.4) is 0 Å². The number of rotatable bonds is 5. The molecule has 6 nitrogen and oxygen atoms in total. The number of nitrogens with zero attached hydrogens (tertiary/aromatic N) is 4. The molecular formula is C17H19ClN4O2. The summed E-state index contributed by atoms with van der Waals surface area (Å²) in [7, 11) is 1.64. The number of fused-ring (bicyclic) bond motifs is 1. The molecule has 3 rings (SSSR count). The summed E-state index contributed by atoms with van der Waals surface area (Å²) in [6.07, 6.45) is 2.27. The first-order valence-corrected chi connectivity index (χ1v) is 8.19. The van der Waals surface area contributed by atoms with E-state index in [4.69, 9.17) is 16.3 Å². The van der Waals surface area contributed by atoms with Crippen LogP contribution < -0.4 is 9.64 Å². The first kappa shape index (κ1) is 16.5.